The van der Waals surface area contributed by atoms with E-state index in [0.29, 0.717) is 42.4 Å². The highest BCUT2D eigenvalue weighted by Gasteiger charge is 2.31. The lowest BCUT2D eigenvalue weighted by Gasteiger charge is -2.34. The Kier molecular flexibility index (Phi) is 5.61. The molecule has 0 bridgehead atoms. The maximum absolute atomic E-state index is 13.1. The molecular weight excluding hydrogens is 388 g/mol. The number of aryl methyl sites for hydroxylation is 2. The van der Waals surface area contributed by atoms with E-state index in [9.17, 15) is 13.2 Å². The summed E-state index contributed by atoms with van der Waals surface area (Å²) < 4.78 is 32.9. The number of methoxy groups -OCH3 is 1. The van der Waals surface area contributed by atoms with Crippen molar-refractivity contribution in [3.63, 3.8) is 0 Å². The number of benzene rings is 2. The fourth-order valence-corrected chi connectivity index (χ4v) is 5.56. The summed E-state index contributed by atoms with van der Waals surface area (Å²) in [7, 11) is -1.98. The summed E-state index contributed by atoms with van der Waals surface area (Å²) in [6.07, 6.45) is 4.26. The van der Waals surface area contributed by atoms with Crippen molar-refractivity contribution in [1.82, 2.24) is 9.21 Å². The number of amides is 1. The van der Waals surface area contributed by atoms with Gasteiger partial charge in [-0.2, -0.15) is 4.31 Å². The van der Waals surface area contributed by atoms with Crippen LogP contribution in [0.3, 0.4) is 0 Å². The van der Waals surface area contributed by atoms with Gasteiger partial charge < -0.3 is 9.64 Å². The summed E-state index contributed by atoms with van der Waals surface area (Å²) in [4.78, 5) is 14.8. The van der Waals surface area contributed by atoms with Crippen LogP contribution in [0, 0.1) is 0 Å². The molecule has 1 saturated heterocycles. The van der Waals surface area contributed by atoms with Gasteiger partial charge in [-0.1, -0.05) is 12.1 Å². The lowest BCUT2D eigenvalue weighted by molar-refractivity contribution is 0.0697. The van der Waals surface area contributed by atoms with Crippen LogP contribution in [0.2, 0.25) is 0 Å². The monoisotopic (exact) mass is 414 g/mol. The van der Waals surface area contributed by atoms with Gasteiger partial charge in [-0.3, -0.25) is 4.79 Å². The van der Waals surface area contributed by atoms with Gasteiger partial charge >= 0.3 is 0 Å². The standard InChI is InChI=1S/C22H26N2O4S/c1-28-20-8-4-7-19(15-20)22(25)23-11-13-24(14-12-23)29(26,27)21-10-9-17-5-2-3-6-18(17)16-21/h4,7-10,15-16H,2-3,5-6,11-14H2,1H3. The molecule has 154 valence electrons. The van der Waals surface area contributed by atoms with Crippen molar-refractivity contribution in [2.45, 2.75) is 30.6 Å². The van der Waals surface area contributed by atoms with Crippen LogP contribution in [0.4, 0.5) is 0 Å². The van der Waals surface area contributed by atoms with Crippen molar-refractivity contribution in [3.8, 4) is 5.75 Å². The average molecular weight is 415 g/mol. The smallest absolute Gasteiger partial charge is 0.254 e. The Morgan fingerprint density at radius 2 is 1.66 bits per heavy atom. The topological polar surface area (TPSA) is 66.9 Å². The number of sulfonamides is 1. The first-order valence-corrected chi connectivity index (χ1v) is 11.5. The first-order valence-electron chi connectivity index (χ1n) is 10.0. The highest BCUT2D eigenvalue weighted by Crippen LogP contribution is 2.26. The largest absolute Gasteiger partial charge is 0.497 e. The lowest BCUT2D eigenvalue weighted by atomic mass is 9.92. The van der Waals surface area contributed by atoms with Crippen molar-refractivity contribution in [3.05, 3.63) is 59.2 Å². The van der Waals surface area contributed by atoms with Crippen LogP contribution in [-0.2, 0) is 22.9 Å². The molecule has 1 fully saturated rings. The Hall–Kier alpha value is -2.38. The van der Waals surface area contributed by atoms with Crippen molar-refractivity contribution in [1.29, 1.82) is 0 Å². The van der Waals surface area contributed by atoms with Crippen molar-refractivity contribution >= 4 is 15.9 Å². The van der Waals surface area contributed by atoms with E-state index in [4.69, 9.17) is 4.74 Å². The van der Waals surface area contributed by atoms with E-state index in [1.54, 1.807) is 42.3 Å². The van der Waals surface area contributed by atoms with E-state index in [1.165, 1.54) is 16.3 Å². The quantitative estimate of drug-likeness (QED) is 0.772. The number of fused-ring (bicyclic) bond motifs is 1. The Morgan fingerprint density at radius 3 is 2.38 bits per heavy atom. The van der Waals surface area contributed by atoms with Gasteiger partial charge in [0.2, 0.25) is 10.0 Å². The first kappa shape index (κ1) is 19.9. The molecule has 1 amide bonds. The number of carbonyl (C=O) groups excluding carboxylic acids is 1. The summed E-state index contributed by atoms with van der Waals surface area (Å²) in [5.74, 6) is 0.527. The van der Waals surface area contributed by atoms with Crippen LogP contribution < -0.4 is 4.74 Å². The molecule has 2 aliphatic rings. The van der Waals surface area contributed by atoms with E-state index in [1.807, 2.05) is 12.1 Å². The van der Waals surface area contributed by atoms with Crippen LogP contribution in [0.15, 0.2) is 47.4 Å². The number of hydrogen-bond donors (Lipinski definition) is 0. The predicted molar refractivity (Wildman–Crippen MR) is 111 cm³/mol. The van der Waals surface area contributed by atoms with Crippen LogP contribution in [0.25, 0.3) is 0 Å². The molecule has 0 spiro atoms. The fraction of sp³-hybridized carbons (Fsp3) is 0.409. The van der Waals surface area contributed by atoms with Gasteiger partial charge in [0.15, 0.2) is 0 Å². The van der Waals surface area contributed by atoms with E-state index in [2.05, 4.69) is 0 Å². The maximum atomic E-state index is 13.1. The highest BCUT2D eigenvalue weighted by atomic mass is 32.2. The van der Waals surface area contributed by atoms with Crippen LogP contribution in [0.1, 0.15) is 34.3 Å². The fourth-order valence-electron chi connectivity index (χ4n) is 4.09. The number of rotatable bonds is 4. The van der Waals surface area contributed by atoms with Crippen molar-refractivity contribution < 1.29 is 17.9 Å². The highest BCUT2D eigenvalue weighted by molar-refractivity contribution is 7.89. The Bertz CT molecular complexity index is 1010. The Morgan fingerprint density at radius 1 is 0.931 bits per heavy atom. The molecule has 1 aliphatic carbocycles. The minimum absolute atomic E-state index is 0.102. The third-order valence-electron chi connectivity index (χ3n) is 5.80. The summed E-state index contributed by atoms with van der Waals surface area (Å²) >= 11 is 0. The Balaban J connectivity index is 1.45. The number of nitrogens with zero attached hydrogens (tertiary/aromatic N) is 2. The molecule has 0 unspecified atom stereocenters. The first-order chi connectivity index (χ1) is 14.0. The van der Waals surface area contributed by atoms with Crippen LogP contribution >= 0.6 is 0 Å². The molecule has 7 heteroatoms. The van der Waals surface area contributed by atoms with Gasteiger partial charge in [0.1, 0.15) is 5.75 Å². The van der Waals surface area contributed by atoms with Gasteiger partial charge in [-0.15, -0.1) is 0 Å². The Labute approximate surface area is 172 Å². The summed E-state index contributed by atoms with van der Waals surface area (Å²) in [5, 5.41) is 0. The maximum Gasteiger partial charge on any atom is 0.254 e. The van der Waals surface area contributed by atoms with E-state index in [0.717, 1.165) is 24.8 Å². The molecule has 0 saturated carbocycles. The number of ether oxygens (including phenoxy) is 1. The third kappa shape index (κ3) is 4.02. The molecule has 6 nitrogen and oxygen atoms in total. The van der Waals surface area contributed by atoms with Gasteiger partial charge in [0.05, 0.1) is 12.0 Å². The SMILES string of the molecule is COc1cccc(C(=O)N2CCN(S(=O)(=O)c3ccc4c(c3)CCCC4)CC2)c1. The molecule has 0 radical (unpaired) electrons. The third-order valence-corrected chi connectivity index (χ3v) is 7.69. The van der Waals surface area contributed by atoms with Gasteiger partial charge in [-0.05, 0) is 67.1 Å². The molecule has 0 N–H and O–H groups in total. The lowest BCUT2D eigenvalue weighted by Crippen LogP contribution is -2.50. The van der Waals surface area contributed by atoms with E-state index >= 15 is 0 Å². The molecule has 2 aromatic carbocycles. The van der Waals surface area contributed by atoms with Crippen LogP contribution in [0.5, 0.6) is 5.75 Å². The number of carbonyl (C=O) groups is 1. The van der Waals surface area contributed by atoms with Gasteiger partial charge in [0, 0.05) is 31.7 Å². The summed E-state index contributed by atoms with van der Waals surface area (Å²) in [6, 6.07) is 12.6. The van der Waals surface area contributed by atoms with Crippen molar-refractivity contribution in [2.75, 3.05) is 33.3 Å². The summed E-state index contributed by atoms with van der Waals surface area (Å²) in [5.41, 5.74) is 2.98. The van der Waals surface area contributed by atoms with Gasteiger partial charge in [0.25, 0.3) is 5.91 Å². The van der Waals surface area contributed by atoms with E-state index < -0.39 is 10.0 Å². The second kappa shape index (κ2) is 8.16. The molecular formula is C22H26N2O4S. The second-order valence-electron chi connectivity index (χ2n) is 7.57. The van der Waals surface area contributed by atoms with Crippen molar-refractivity contribution in [2.24, 2.45) is 0 Å². The normalized spacial score (nSPS) is 17.6. The molecule has 0 aromatic heterocycles. The van der Waals surface area contributed by atoms with Crippen LogP contribution in [-0.4, -0.2) is 56.8 Å². The zero-order valence-corrected chi connectivity index (χ0v) is 17.5. The van der Waals surface area contributed by atoms with Gasteiger partial charge in [-0.25, -0.2) is 8.42 Å². The average Bonchev–Trinajstić information content (AvgIpc) is 2.78. The minimum Gasteiger partial charge on any atom is -0.497 e. The molecule has 1 heterocycles. The van der Waals surface area contributed by atoms with E-state index in [-0.39, 0.29) is 5.91 Å². The minimum atomic E-state index is -3.54. The second-order valence-corrected chi connectivity index (χ2v) is 9.50. The molecule has 29 heavy (non-hydrogen) atoms. The zero-order chi connectivity index (χ0) is 20.4. The predicted octanol–water partition coefficient (Wildman–Crippen LogP) is 2.72. The molecule has 4 rings (SSSR count). The number of hydrogen-bond acceptors (Lipinski definition) is 4. The summed E-state index contributed by atoms with van der Waals surface area (Å²) in [6.45, 7) is 1.35. The number of piperazine rings is 1. The molecule has 2 aromatic rings. The molecule has 0 atom stereocenters. The zero-order valence-electron chi connectivity index (χ0n) is 16.6. The molecule has 1 aliphatic heterocycles.